The van der Waals surface area contributed by atoms with Crippen molar-refractivity contribution in [3.63, 3.8) is 0 Å². The van der Waals surface area contributed by atoms with Crippen LogP contribution in [0.5, 0.6) is 5.75 Å². The maximum atomic E-state index is 15.0. The lowest BCUT2D eigenvalue weighted by atomic mass is 9.98. The number of pyridine rings is 1. The summed E-state index contributed by atoms with van der Waals surface area (Å²) in [5, 5.41) is 13.6. The molecule has 1 fully saturated rings. The molecule has 3 heterocycles. The van der Waals surface area contributed by atoms with E-state index < -0.39 is 29.2 Å². The smallest absolute Gasteiger partial charge is 0.413 e. The fourth-order valence-electron chi connectivity index (χ4n) is 5.19. The van der Waals surface area contributed by atoms with E-state index in [4.69, 9.17) is 25.8 Å². The number of amides is 2. The molecule has 1 aliphatic rings. The second-order valence-electron chi connectivity index (χ2n) is 12.7. The third kappa shape index (κ3) is 6.73. The number of carbonyl (C=O) groups is 2. The summed E-state index contributed by atoms with van der Waals surface area (Å²) in [5.74, 6) is -0.211. The molecule has 14 heteroatoms. The molecular weight excluding hydrogens is 635 g/mol. The molecule has 1 aliphatic heterocycles. The molecule has 0 bridgehead atoms. The first-order valence-corrected chi connectivity index (χ1v) is 15.7. The standard InChI is InChI=1S/C32H34ClFN6O5S/c1-31(2,3)44-29(41)38-28-37-24-18(8-9-21(34)27(24)46-28)22-20(33)14-19-23(26(22)43-7)36-16-17(15-35)25(19)39-10-12-40(13-11-39)30(42)45-32(4,5)6/h8-9,14,16H,10-13H2,1-7H3,(H,37,38,41). The van der Waals surface area contributed by atoms with Gasteiger partial charge in [-0.15, -0.1) is 0 Å². The van der Waals surface area contributed by atoms with E-state index >= 15 is 4.39 Å². The molecule has 46 heavy (non-hydrogen) atoms. The van der Waals surface area contributed by atoms with Crippen LogP contribution in [0.3, 0.4) is 0 Å². The Morgan fingerprint density at radius 1 is 1.07 bits per heavy atom. The molecule has 1 N–H and O–H groups in total. The first-order valence-electron chi connectivity index (χ1n) is 14.5. The number of hydrogen-bond acceptors (Lipinski definition) is 10. The summed E-state index contributed by atoms with van der Waals surface area (Å²) in [6.45, 7) is 12.3. The third-order valence-corrected chi connectivity index (χ3v) is 8.26. The molecule has 0 radical (unpaired) electrons. The van der Waals surface area contributed by atoms with Gasteiger partial charge in [0.15, 0.2) is 10.9 Å². The maximum absolute atomic E-state index is 15.0. The van der Waals surface area contributed by atoms with Crippen LogP contribution in [0.1, 0.15) is 47.1 Å². The number of ether oxygens (including phenoxy) is 3. The first-order chi connectivity index (χ1) is 21.6. The van der Waals surface area contributed by atoms with E-state index in [1.54, 1.807) is 37.8 Å². The van der Waals surface area contributed by atoms with Crippen LogP contribution in [0.4, 0.5) is 24.8 Å². The number of rotatable bonds is 4. The predicted octanol–water partition coefficient (Wildman–Crippen LogP) is 7.59. The van der Waals surface area contributed by atoms with Gasteiger partial charge < -0.3 is 24.0 Å². The Morgan fingerprint density at radius 3 is 2.35 bits per heavy atom. The molecular formula is C32H34ClFN6O5S. The average molecular weight is 669 g/mol. The number of aromatic nitrogens is 2. The minimum Gasteiger partial charge on any atom is -0.494 e. The highest BCUT2D eigenvalue weighted by Crippen LogP contribution is 2.47. The van der Waals surface area contributed by atoms with Crippen LogP contribution in [0, 0.1) is 17.1 Å². The zero-order valence-electron chi connectivity index (χ0n) is 26.6. The number of benzene rings is 2. The zero-order chi connectivity index (χ0) is 33.6. The monoisotopic (exact) mass is 668 g/mol. The quantitative estimate of drug-likeness (QED) is 0.234. The van der Waals surface area contributed by atoms with E-state index in [2.05, 4.69) is 21.4 Å². The molecule has 0 unspecified atom stereocenters. The van der Waals surface area contributed by atoms with Crippen molar-refractivity contribution >= 4 is 67.1 Å². The van der Waals surface area contributed by atoms with Crippen molar-refractivity contribution in [1.29, 1.82) is 5.26 Å². The number of halogens is 2. The van der Waals surface area contributed by atoms with Gasteiger partial charge in [0.1, 0.15) is 28.6 Å². The van der Waals surface area contributed by atoms with Gasteiger partial charge in [-0.3, -0.25) is 10.3 Å². The van der Waals surface area contributed by atoms with E-state index in [1.165, 1.54) is 19.4 Å². The number of thiazole rings is 1. The molecule has 2 aromatic carbocycles. The lowest BCUT2D eigenvalue weighted by Gasteiger charge is -2.37. The number of carbonyl (C=O) groups excluding carboxylic acids is 2. The SMILES string of the molecule is COc1c(-c2ccc(F)c3sc(NC(=O)OC(C)(C)C)nc23)c(Cl)cc2c(N3CCN(C(=O)OC(C)(C)C)CC3)c(C#N)cnc12. The second-order valence-corrected chi connectivity index (χ2v) is 14.1. The highest BCUT2D eigenvalue weighted by Gasteiger charge is 2.30. The zero-order valence-corrected chi connectivity index (χ0v) is 28.2. The fourth-order valence-corrected chi connectivity index (χ4v) is 6.37. The van der Waals surface area contributed by atoms with Crippen molar-refractivity contribution in [1.82, 2.24) is 14.9 Å². The molecule has 0 atom stereocenters. The van der Waals surface area contributed by atoms with Crippen LogP contribution in [0.25, 0.3) is 32.2 Å². The highest BCUT2D eigenvalue weighted by atomic mass is 35.5. The van der Waals surface area contributed by atoms with E-state index in [0.29, 0.717) is 65.2 Å². The number of nitrogens with one attached hydrogen (secondary N) is 1. The number of piperazine rings is 1. The highest BCUT2D eigenvalue weighted by molar-refractivity contribution is 7.22. The molecule has 242 valence electrons. The molecule has 5 rings (SSSR count). The maximum Gasteiger partial charge on any atom is 0.413 e. The van der Waals surface area contributed by atoms with Gasteiger partial charge in [0, 0.05) is 48.9 Å². The van der Waals surface area contributed by atoms with Crippen LogP contribution >= 0.6 is 22.9 Å². The van der Waals surface area contributed by atoms with Gasteiger partial charge >= 0.3 is 12.2 Å². The molecule has 11 nitrogen and oxygen atoms in total. The molecule has 0 spiro atoms. The third-order valence-electron chi connectivity index (χ3n) is 6.99. The molecule has 2 amide bonds. The summed E-state index contributed by atoms with van der Waals surface area (Å²) in [4.78, 5) is 37.8. The van der Waals surface area contributed by atoms with E-state index in [-0.39, 0.29) is 20.4 Å². The summed E-state index contributed by atoms with van der Waals surface area (Å²) in [7, 11) is 1.48. The van der Waals surface area contributed by atoms with Crippen LogP contribution in [0.15, 0.2) is 24.4 Å². The lowest BCUT2D eigenvalue weighted by Crippen LogP contribution is -2.50. The number of hydrogen-bond donors (Lipinski definition) is 1. The van der Waals surface area contributed by atoms with Crippen molar-refractivity contribution in [2.45, 2.75) is 52.7 Å². The number of anilines is 2. The van der Waals surface area contributed by atoms with Crippen LogP contribution in [0.2, 0.25) is 5.02 Å². The van der Waals surface area contributed by atoms with Gasteiger partial charge in [-0.1, -0.05) is 22.9 Å². The van der Waals surface area contributed by atoms with Crippen molar-refractivity contribution < 1.29 is 28.2 Å². The van der Waals surface area contributed by atoms with E-state index in [0.717, 1.165) is 11.3 Å². The molecule has 2 aromatic heterocycles. The number of nitrogens with zero attached hydrogens (tertiary/aromatic N) is 5. The molecule has 4 aromatic rings. The van der Waals surface area contributed by atoms with Crippen molar-refractivity contribution in [2.75, 3.05) is 43.5 Å². The number of methoxy groups -OCH3 is 1. The number of nitriles is 1. The predicted molar refractivity (Wildman–Crippen MR) is 176 cm³/mol. The van der Waals surface area contributed by atoms with Gasteiger partial charge in [-0.2, -0.15) is 5.26 Å². The van der Waals surface area contributed by atoms with E-state index in [1.807, 2.05) is 25.7 Å². The Balaban J connectivity index is 1.57. The van der Waals surface area contributed by atoms with Crippen LogP contribution < -0.4 is 15.0 Å². The minimum atomic E-state index is -0.730. The van der Waals surface area contributed by atoms with Crippen molar-refractivity contribution in [3.05, 3.63) is 40.8 Å². The minimum absolute atomic E-state index is 0.149. The largest absolute Gasteiger partial charge is 0.494 e. The summed E-state index contributed by atoms with van der Waals surface area (Å²) < 4.78 is 32.0. The van der Waals surface area contributed by atoms with Gasteiger partial charge in [0.05, 0.1) is 33.6 Å². The first kappa shape index (κ1) is 33.0. The fraction of sp³-hybridized carbons (Fsp3) is 0.406. The topological polar surface area (TPSA) is 130 Å². The number of fused-ring (bicyclic) bond motifs is 2. The van der Waals surface area contributed by atoms with Gasteiger partial charge in [-0.05, 0) is 59.7 Å². The summed E-state index contributed by atoms with van der Waals surface area (Å²) in [6.07, 6.45) is 0.370. The Kier molecular flexibility index (Phi) is 8.90. The average Bonchev–Trinajstić information content (AvgIpc) is 3.39. The summed E-state index contributed by atoms with van der Waals surface area (Å²) >= 11 is 7.94. The Labute approximate surface area is 274 Å². The van der Waals surface area contributed by atoms with Gasteiger partial charge in [0.2, 0.25) is 0 Å². The van der Waals surface area contributed by atoms with E-state index in [9.17, 15) is 14.9 Å². The van der Waals surface area contributed by atoms with Gasteiger partial charge in [0.25, 0.3) is 0 Å². The normalized spacial score (nSPS) is 13.9. The Hall–Kier alpha value is -4.41. The van der Waals surface area contributed by atoms with Crippen molar-refractivity contribution in [3.8, 4) is 22.9 Å². The van der Waals surface area contributed by atoms with Crippen LogP contribution in [-0.4, -0.2) is 71.5 Å². The molecule has 0 aliphatic carbocycles. The molecule has 0 saturated carbocycles. The summed E-state index contributed by atoms with van der Waals surface area (Å²) in [6, 6.07) is 6.78. The Bertz CT molecular complexity index is 1890. The van der Waals surface area contributed by atoms with Crippen LogP contribution in [-0.2, 0) is 9.47 Å². The molecule has 1 saturated heterocycles. The summed E-state index contributed by atoms with van der Waals surface area (Å²) in [5.41, 5.74) is 1.20. The second kappa shape index (κ2) is 12.4. The van der Waals surface area contributed by atoms with Gasteiger partial charge in [-0.25, -0.2) is 19.0 Å². The van der Waals surface area contributed by atoms with Crippen molar-refractivity contribution in [2.24, 2.45) is 0 Å². The Morgan fingerprint density at radius 2 is 1.74 bits per heavy atom. The lowest BCUT2D eigenvalue weighted by molar-refractivity contribution is 0.0240.